The van der Waals surface area contributed by atoms with Crippen molar-refractivity contribution in [1.29, 1.82) is 0 Å². The van der Waals surface area contributed by atoms with Crippen LogP contribution in [0.15, 0.2) is 0 Å². The zero-order chi connectivity index (χ0) is 8.15. The van der Waals surface area contributed by atoms with Gasteiger partial charge in [-0.2, -0.15) is 0 Å². The number of likely N-dealkylation sites (N-methyl/N-ethyl adjacent to an activating group) is 2. The predicted molar refractivity (Wildman–Crippen MR) is 41.8 cm³/mol. The third-order valence-corrected chi connectivity index (χ3v) is 1.55. The monoisotopic (exact) mass is 144 g/mol. The van der Waals surface area contributed by atoms with E-state index in [1.165, 1.54) is 0 Å². The van der Waals surface area contributed by atoms with E-state index < -0.39 is 0 Å². The molecule has 0 aromatic carbocycles. The van der Waals surface area contributed by atoms with Crippen molar-refractivity contribution in [3.63, 3.8) is 0 Å². The first-order chi connectivity index (χ1) is 4.57. The Balaban J connectivity index is 3.57. The van der Waals surface area contributed by atoms with Gasteiger partial charge in [-0.15, -0.1) is 0 Å². The molecule has 0 aromatic heterocycles. The molecule has 0 unspecified atom stereocenters. The fourth-order valence-corrected chi connectivity index (χ4v) is 0.488. The lowest BCUT2D eigenvalue weighted by Crippen LogP contribution is -2.36. The molecule has 0 aliphatic heterocycles. The molecule has 0 saturated heterocycles. The van der Waals surface area contributed by atoms with Crippen LogP contribution in [-0.4, -0.2) is 37.5 Å². The van der Waals surface area contributed by atoms with E-state index in [-0.39, 0.29) is 5.91 Å². The zero-order valence-electron chi connectivity index (χ0n) is 7.14. The van der Waals surface area contributed by atoms with Crippen molar-refractivity contribution in [2.75, 3.05) is 20.6 Å². The summed E-state index contributed by atoms with van der Waals surface area (Å²) in [5.74, 6) is 0.0659. The predicted octanol–water partition coefficient (Wildman–Crippen LogP) is 0.0726. The van der Waals surface area contributed by atoms with Gasteiger partial charge in [-0.05, 0) is 20.9 Å². The van der Waals surface area contributed by atoms with Gasteiger partial charge in [0.2, 0.25) is 5.91 Å². The van der Waals surface area contributed by atoms with Gasteiger partial charge in [-0.25, -0.2) is 0 Å². The second kappa shape index (κ2) is 4.28. The molecule has 1 N–H and O–H groups in total. The summed E-state index contributed by atoms with van der Waals surface area (Å²) in [7, 11) is 3.58. The first-order valence-corrected chi connectivity index (χ1v) is 3.48. The summed E-state index contributed by atoms with van der Waals surface area (Å²) in [6.45, 7) is 4.60. The van der Waals surface area contributed by atoms with Gasteiger partial charge in [0.05, 0.1) is 6.54 Å². The van der Waals surface area contributed by atoms with Crippen molar-refractivity contribution in [3.05, 3.63) is 0 Å². The maximum atomic E-state index is 10.8. The Kier molecular flexibility index (Phi) is 4.03. The number of nitrogens with one attached hydrogen (secondary N) is 1. The highest BCUT2D eigenvalue weighted by Gasteiger charge is 2.06. The third-order valence-electron chi connectivity index (χ3n) is 1.55. The summed E-state index contributed by atoms with van der Waals surface area (Å²) in [6.07, 6.45) is 0. The van der Waals surface area contributed by atoms with Gasteiger partial charge in [0, 0.05) is 13.1 Å². The molecule has 0 heterocycles. The van der Waals surface area contributed by atoms with E-state index in [1.807, 2.05) is 11.9 Å². The van der Waals surface area contributed by atoms with Crippen molar-refractivity contribution in [2.45, 2.75) is 19.9 Å². The van der Waals surface area contributed by atoms with Crippen molar-refractivity contribution < 1.29 is 4.79 Å². The number of carbonyl (C=O) groups is 1. The van der Waals surface area contributed by atoms with E-state index in [0.29, 0.717) is 12.6 Å². The molecule has 0 saturated carbocycles. The molecule has 0 spiro atoms. The molecule has 0 rings (SSSR count). The lowest BCUT2D eigenvalue weighted by molar-refractivity contribution is -0.121. The van der Waals surface area contributed by atoms with Gasteiger partial charge in [0.25, 0.3) is 0 Å². The van der Waals surface area contributed by atoms with Crippen LogP contribution in [-0.2, 0) is 4.79 Å². The van der Waals surface area contributed by atoms with Crippen LogP contribution in [0.2, 0.25) is 0 Å². The van der Waals surface area contributed by atoms with Gasteiger partial charge in [-0.1, -0.05) is 0 Å². The van der Waals surface area contributed by atoms with Gasteiger partial charge in [0.15, 0.2) is 0 Å². The van der Waals surface area contributed by atoms with Crippen molar-refractivity contribution in [3.8, 4) is 0 Å². The van der Waals surface area contributed by atoms with E-state index >= 15 is 0 Å². The Morgan fingerprint density at radius 2 is 2.10 bits per heavy atom. The Hall–Kier alpha value is -0.570. The minimum atomic E-state index is 0.0659. The number of amides is 1. The second-order valence-corrected chi connectivity index (χ2v) is 2.68. The van der Waals surface area contributed by atoms with Crippen LogP contribution < -0.4 is 5.32 Å². The molecule has 60 valence electrons. The van der Waals surface area contributed by atoms with Crippen molar-refractivity contribution >= 4 is 5.91 Å². The molecule has 10 heavy (non-hydrogen) atoms. The van der Waals surface area contributed by atoms with Crippen LogP contribution in [0, 0.1) is 0 Å². The first kappa shape index (κ1) is 9.43. The summed E-state index contributed by atoms with van der Waals surface area (Å²) in [4.78, 5) is 12.8. The molecular weight excluding hydrogens is 128 g/mol. The van der Waals surface area contributed by atoms with E-state index in [0.717, 1.165) is 0 Å². The van der Waals surface area contributed by atoms with Crippen molar-refractivity contribution in [1.82, 2.24) is 10.2 Å². The SMILES string of the molecule is CNC(=O)CN(C)C(C)C. The third kappa shape index (κ3) is 3.45. The van der Waals surface area contributed by atoms with Crippen LogP contribution in [0.25, 0.3) is 0 Å². The Morgan fingerprint density at radius 1 is 1.60 bits per heavy atom. The molecule has 0 aliphatic rings. The molecule has 1 amide bonds. The van der Waals surface area contributed by atoms with Crippen LogP contribution >= 0.6 is 0 Å². The van der Waals surface area contributed by atoms with E-state index in [9.17, 15) is 4.79 Å². The van der Waals surface area contributed by atoms with E-state index in [4.69, 9.17) is 0 Å². The minimum absolute atomic E-state index is 0.0659. The zero-order valence-corrected chi connectivity index (χ0v) is 7.14. The molecule has 0 aliphatic carbocycles. The first-order valence-electron chi connectivity index (χ1n) is 3.48. The van der Waals surface area contributed by atoms with Gasteiger partial charge in [-0.3, -0.25) is 9.69 Å². The van der Waals surface area contributed by atoms with Crippen molar-refractivity contribution in [2.24, 2.45) is 0 Å². The van der Waals surface area contributed by atoms with Crippen LogP contribution in [0.4, 0.5) is 0 Å². The largest absolute Gasteiger partial charge is 0.358 e. The fraction of sp³-hybridized carbons (Fsp3) is 0.857. The van der Waals surface area contributed by atoms with Crippen LogP contribution in [0.3, 0.4) is 0 Å². The average molecular weight is 144 g/mol. The molecule has 3 heteroatoms. The average Bonchev–Trinajstić information content (AvgIpc) is 1.87. The lowest BCUT2D eigenvalue weighted by Gasteiger charge is -2.19. The number of hydrogen-bond donors (Lipinski definition) is 1. The summed E-state index contributed by atoms with van der Waals surface area (Å²) in [5, 5.41) is 2.57. The van der Waals surface area contributed by atoms with Gasteiger partial charge < -0.3 is 5.32 Å². The standard InChI is InChI=1S/C7H16N2O/c1-6(2)9(4)5-7(10)8-3/h6H,5H2,1-4H3,(H,8,10). The maximum absolute atomic E-state index is 10.8. The number of carbonyl (C=O) groups excluding carboxylic acids is 1. The molecule has 0 fully saturated rings. The minimum Gasteiger partial charge on any atom is -0.358 e. The normalized spacial score (nSPS) is 10.6. The highest BCUT2D eigenvalue weighted by atomic mass is 16.1. The number of rotatable bonds is 3. The molecule has 0 atom stereocenters. The van der Waals surface area contributed by atoms with E-state index in [1.54, 1.807) is 7.05 Å². The summed E-state index contributed by atoms with van der Waals surface area (Å²) in [6, 6.07) is 0.428. The highest BCUT2D eigenvalue weighted by Crippen LogP contribution is 1.90. The van der Waals surface area contributed by atoms with Gasteiger partial charge in [0.1, 0.15) is 0 Å². The lowest BCUT2D eigenvalue weighted by atomic mass is 10.3. The van der Waals surface area contributed by atoms with E-state index in [2.05, 4.69) is 19.2 Å². The smallest absolute Gasteiger partial charge is 0.233 e. The van der Waals surface area contributed by atoms with Crippen LogP contribution in [0.5, 0.6) is 0 Å². The quantitative estimate of drug-likeness (QED) is 0.608. The molecule has 0 radical (unpaired) electrons. The fourth-order valence-electron chi connectivity index (χ4n) is 0.488. The topological polar surface area (TPSA) is 32.3 Å². The molecule has 0 bridgehead atoms. The number of nitrogens with zero attached hydrogens (tertiary/aromatic N) is 1. The molecule has 3 nitrogen and oxygen atoms in total. The summed E-state index contributed by atoms with van der Waals surface area (Å²) in [5.41, 5.74) is 0. The highest BCUT2D eigenvalue weighted by molar-refractivity contribution is 5.77. The summed E-state index contributed by atoms with van der Waals surface area (Å²) >= 11 is 0. The Labute approximate surface area is 62.4 Å². The molecule has 0 aromatic rings. The molecular formula is C7H16N2O. The second-order valence-electron chi connectivity index (χ2n) is 2.68. The number of hydrogen-bond acceptors (Lipinski definition) is 2. The Morgan fingerprint density at radius 3 is 2.40 bits per heavy atom. The Bertz CT molecular complexity index is 112. The van der Waals surface area contributed by atoms with Gasteiger partial charge >= 0.3 is 0 Å². The summed E-state index contributed by atoms with van der Waals surface area (Å²) < 4.78 is 0. The maximum Gasteiger partial charge on any atom is 0.233 e. The van der Waals surface area contributed by atoms with Crippen LogP contribution in [0.1, 0.15) is 13.8 Å².